The molecule has 1 atom stereocenters. The highest BCUT2D eigenvalue weighted by Gasteiger charge is 1.98. The molecule has 1 aromatic heterocycles. The van der Waals surface area contributed by atoms with Gasteiger partial charge in [0.05, 0.1) is 5.69 Å². The fourth-order valence-corrected chi connectivity index (χ4v) is 2.74. The van der Waals surface area contributed by atoms with Crippen molar-refractivity contribution in [2.24, 2.45) is 5.73 Å². The minimum Gasteiger partial charge on any atom is -0.328 e. The molecule has 0 aliphatic heterocycles. The van der Waals surface area contributed by atoms with E-state index in [1.54, 1.807) is 6.20 Å². The molecule has 0 saturated carbocycles. The van der Waals surface area contributed by atoms with Crippen LogP contribution in [0.5, 0.6) is 0 Å². The van der Waals surface area contributed by atoms with Gasteiger partial charge in [-0.3, -0.25) is 0 Å². The lowest BCUT2D eigenvalue weighted by molar-refractivity contribution is 0.721. The fraction of sp³-hybridized carbons (Fsp3) is 0.357. The van der Waals surface area contributed by atoms with Gasteiger partial charge in [0.1, 0.15) is 0 Å². The molecule has 96 valence electrons. The van der Waals surface area contributed by atoms with Crippen molar-refractivity contribution >= 4 is 11.8 Å². The van der Waals surface area contributed by atoms with Gasteiger partial charge in [-0.1, -0.05) is 12.1 Å². The van der Waals surface area contributed by atoms with Crippen LogP contribution in [0.15, 0.2) is 42.7 Å². The molecule has 2 N–H and O–H groups in total. The van der Waals surface area contributed by atoms with E-state index in [2.05, 4.69) is 36.3 Å². The SMILES string of the molecule is CC(N)CCSCc1ccc(-n2cccn2)cc1. The zero-order valence-electron chi connectivity index (χ0n) is 10.6. The minimum absolute atomic E-state index is 0.305. The summed E-state index contributed by atoms with van der Waals surface area (Å²) in [5, 5.41) is 4.21. The molecule has 3 nitrogen and oxygen atoms in total. The number of hydrogen-bond acceptors (Lipinski definition) is 3. The van der Waals surface area contributed by atoms with Crippen LogP contribution in [-0.2, 0) is 5.75 Å². The van der Waals surface area contributed by atoms with Gasteiger partial charge in [-0.15, -0.1) is 0 Å². The molecule has 0 saturated heterocycles. The Balaban J connectivity index is 1.84. The van der Waals surface area contributed by atoms with E-state index in [1.807, 2.05) is 28.7 Å². The summed E-state index contributed by atoms with van der Waals surface area (Å²) in [6.07, 6.45) is 4.82. The Morgan fingerprint density at radius 1 is 1.33 bits per heavy atom. The van der Waals surface area contributed by atoms with Crippen molar-refractivity contribution in [2.45, 2.75) is 25.1 Å². The average molecular weight is 261 g/mol. The summed E-state index contributed by atoms with van der Waals surface area (Å²) in [4.78, 5) is 0. The molecule has 0 radical (unpaired) electrons. The van der Waals surface area contributed by atoms with Crippen LogP contribution in [0.2, 0.25) is 0 Å². The van der Waals surface area contributed by atoms with Crippen LogP contribution >= 0.6 is 11.8 Å². The minimum atomic E-state index is 0.305. The van der Waals surface area contributed by atoms with Crippen LogP contribution in [0.3, 0.4) is 0 Å². The van der Waals surface area contributed by atoms with Gasteiger partial charge >= 0.3 is 0 Å². The molecule has 4 heteroatoms. The van der Waals surface area contributed by atoms with Gasteiger partial charge in [-0.25, -0.2) is 4.68 Å². The number of hydrogen-bond donors (Lipinski definition) is 1. The maximum Gasteiger partial charge on any atom is 0.0645 e. The number of nitrogens with two attached hydrogens (primary N) is 1. The zero-order valence-corrected chi connectivity index (χ0v) is 11.4. The number of benzene rings is 1. The first-order valence-corrected chi connectivity index (χ1v) is 7.33. The third-order valence-electron chi connectivity index (χ3n) is 2.69. The van der Waals surface area contributed by atoms with Gasteiger partial charge in [0.15, 0.2) is 0 Å². The van der Waals surface area contributed by atoms with Gasteiger partial charge in [0.2, 0.25) is 0 Å². The molecular weight excluding hydrogens is 242 g/mol. The Morgan fingerprint density at radius 2 is 2.11 bits per heavy atom. The smallest absolute Gasteiger partial charge is 0.0645 e. The normalized spacial score (nSPS) is 12.6. The maximum atomic E-state index is 5.72. The second-order valence-electron chi connectivity index (χ2n) is 4.44. The van der Waals surface area contributed by atoms with E-state index in [9.17, 15) is 0 Å². The van der Waals surface area contributed by atoms with Crippen molar-refractivity contribution in [1.82, 2.24) is 9.78 Å². The lowest BCUT2D eigenvalue weighted by Gasteiger charge is -2.06. The van der Waals surface area contributed by atoms with E-state index in [1.165, 1.54) is 5.56 Å². The van der Waals surface area contributed by atoms with Crippen molar-refractivity contribution in [3.05, 3.63) is 48.3 Å². The first kappa shape index (κ1) is 13.2. The summed E-state index contributed by atoms with van der Waals surface area (Å²) in [5.74, 6) is 2.17. The van der Waals surface area contributed by atoms with Crippen molar-refractivity contribution in [1.29, 1.82) is 0 Å². The number of nitrogens with zero attached hydrogens (tertiary/aromatic N) is 2. The molecule has 1 aromatic carbocycles. The Kier molecular flexibility index (Phi) is 4.84. The second-order valence-corrected chi connectivity index (χ2v) is 5.54. The topological polar surface area (TPSA) is 43.8 Å². The standard InChI is InChI=1S/C14H19N3S/c1-12(15)7-10-18-11-13-3-5-14(6-4-13)17-9-2-8-16-17/h2-6,8-9,12H,7,10-11,15H2,1H3. The third kappa shape index (κ3) is 3.89. The Morgan fingerprint density at radius 3 is 2.72 bits per heavy atom. The quantitative estimate of drug-likeness (QED) is 0.813. The van der Waals surface area contributed by atoms with Gasteiger partial charge in [0.25, 0.3) is 0 Å². The summed E-state index contributed by atoms with van der Waals surface area (Å²) in [7, 11) is 0. The number of rotatable bonds is 6. The highest BCUT2D eigenvalue weighted by atomic mass is 32.2. The van der Waals surface area contributed by atoms with E-state index in [4.69, 9.17) is 5.73 Å². The van der Waals surface area contributed by atoms with Gasteiger partial charge < -0.3 is 5.73 Å². The van der Waals surface area contributed by atoms with Crippen molar-refractivity contribution in [3.8, 4) is 5.69 Å². The summed E-state index contributed by atoms with van der Waals surface area (Å²) >= 11 is 1.94. The molecule has 1 heterocycles. The predicted molar refractivity (Wildman–Crippen MR) is 78.0 cm³/mol. The van der Waals surface area contributed by atoms with E-state index in [0.29, 0.717) is 6.04 Å². The first-order chi connectivity index (χ1) is 8.75. The molecular formula is C14H19N3S. The van der Waals surface area contributed by atoms with Crippen LogP contribution in [0, 0.1) is 0 Å². The van der Waals surface area contributed by atoms with Crippen molar-refractivity contribution < 1.29 is 0 Å². The first-order valence-electron chi connectivity index (χ1n) is 6.18. The molecule has 0 aliphatic carbocycles. The number of aromatic nitrogens is 2. The van der Waals surface area contributed by atoms with E-state index >= 15 is 0 Å². The van der Waals surface area contributed by atoms with Crippen LogP contribution in [-0.4, -0.2) is 21.6 Å². The Labute approximate surface area is 112 Å². The lowest BCUT2D eigenvalue weighted by atomic mass is 10.2. The highest BCUT2D eigenvalue weighted by molar-refractivity contribution is 7.98. The van der Waals surface area contributed by atoms with Crippen LogP contribution < -0.4 is 5.73 Å². The summed E-state index contributed by atoms with van der Waals surface area (Å²) in [5.41, 5.74) is 8.17. The van der Waals surface area contributed by atoms with Crippen LogP contribution in [0.25, 0.3) is 5.69 Å². The van der Waals surface area contributed by atoms with Gasteiger partial charge in [-0.05, 0) is 42.9 Å². The molecule has 0 aliphatic rings. The molecule has 0 amide bonds. The van der Waals surface area contributed by atoms with Crippen LogP contribution in [0.4, 0.5) is 0 Å². The monoisotopic (exact) mass is 261 g/mol. The van der Waals surface area contributed by atoms with Gasteiger partial charge in [-0.2, -0.15) is 16.9 Å². The molecule has 1 unspecified atom stereocenters. The van der Waals surface area contributed by atoms with Crippen molar-refractivity contribution in [3.63, 3.8) is 0 Å². The molecule has 0 bridgehead atoms. The zero-order chi connectivity index (χ0) is 12.8. The predicted octanol–water partition coefficient (Wildman–Crippen LogP) is 2.84. The Hall–Kier alpha value is -1.26. The van der Waals surface area contributed by atoms with Crippen LogP contribution in [0.1, 0.15) is 18.9 Å². The lowest BCUT2D eigenvalue weighted by Crippen LogP contribution is -2.15. The summed E-state index contributed by atoms with van der Waals surface area (Å²) < 4.78 is 1.87. The van der Waals surface area contributed by atoms with Crippen molar-refractivity contribution in [2.75, 3.05) is 5.75 Å². The Bertz CT molecular complexity index is 448. The van der Waals surface area contributed by atoms with E-state index in [-0.39, 0.29) is 0 Å². The fourth-order valence-electron chi connectivity index (χ4n) is 1.63. The van der Waals surface area contributed by atoms with E-state index in [0.717, 1.165) is 23.6 Å². The summed E-state index contributed by atoms with van der Waals surface area (Å²) in [6, 6.07) is 10.8. The molecule has 0 fully saturated rings. The highest BCUT2D eigenvalue weighted by Crippen LogP contribution is 2.15. The summed E-state index contributed by atoms with van der Waals surface area (Å²) in [6.45, 7) is 2.05. The maximum absolute atomic E-state index is 5.72. The van der Waals surface area contributed by atoms with E-state index < -0.39 is 0 Å². The third-order valence-corrected chi connectivity index (χ3v) is 3.75. The second kappa shape index (κ2) is 6.61. The molecule has 18 heavy (non-hydrogen) atoms. The largest absolute Gasteiger partial charge is 0.328 e. The molecule has 0 spiro atoms. The molecule has 2 rings (SSSR count). The number of thioether (sulfide) groups is 1. The van der Waals surface area contributed by atoms with Gasteiger partial charge in [0, 0.05) is 24.2 Å². The average Bonchev–Trinajstić information content (AvgIpc) is 2.89. The molecule has 2 aromatic rings.